The summed E-state index contributed by atoms with van der Waals surface area (Å²) in [6, 6.07) is 5.66. The van der Waals surface area contributed by atoms with Gasteiger partial charge in [-0.2, -0.15) is 0 Å². The first-order valence-corrected chi connectivity index (χ1v) is 6.83. The van der Waals surface area contributed by atoms with E-state index in [1.165, 1.54) is 17.0 Å². The summed E-state index contributed by atoms with van der Waals surface area (Å²) < 4.78 is 26.8. The monoisotopic (exact) mass is 279 g/mol. The Bertz CT molecular complexity index is 638. The molecular weight excluding hydrogens is 268 g/mol. The number of halogens is 2. The second-order valence-corrected chi connectivity index (χ2v) is 5.45. The molecule has 0 spiro atoms. The van der Waals surface area contributed by atoms with E-state index in [-0.39, 0.29) is 5.56 Å². The van der Waals surface area contributed by atoms with Crippen LogP contribution in [0.25, 0.3) is 0 Å². The van der Waals surface area contributed by atoms with Crippen molar-refractivity contribution in [3.63, 3.8) is 0 Å². The minimum absolute atomic E-state index is 0.196. The first-order valence-electron chi connectivity index (χ1n) is 5.95. The van der Waals surface area contributed by atoms with E-state index in [0.717, 1.165) is 18.1 Å². The molecule has 0 unspecified atom stereocenters. The second kappa shape index (κ2) is 4.74. The maximum atomic E-state index is 13.6. The zero-order chi connectivity index (χ0) is 13.4. The lowest BCUT2D eigenvalue weighted by Crippen LogP contribution is -2.35. The Kier molecular flexibility index (Phi) is 3.06. The number of hydrogen-bond donors (Lipinski definition) is 0. The van der Waals surface area contributed by atoms with Gasteiger partial charge in [0.1, 0.15) is 0 Å². The van der Waals surface area contributed by atoms with Gasteiger partial charge in [0.2, 0.25) is 0 Å². The van der Waals surface area contributed by atoms with Crippen LogP contribution in [-0.4, -0.2) is 17.4 Å². The third-order valence-electron chi connectivity index (χ3n) is 3.28. The lowest BCUT2D eigenvalue weighted by atomic mass is 10.1. The fourth-order valence-corrected chi connectivity index (χ4v) is 3.15. The number of rotatable bonds is 1. The molecular formula is C14H11F2NOS. The van der Waals surface area contributed by atoms with E-state index in [1.807, 2.05) is 11.4 Å². The van der Waals surface area contributed by atoms with Crippen LogP contribution < -0.4 is 0 Å². The smallest absolute Gasteiger partial charge is 0.257 e. The molecule has 0 bridgehead atoms. The predicted molar refractivity (Wildman–Crippen MR) is 69.1 cm³/mol. The van der Waals surface area contributed by atoms with E-state index in [2.05, 4.69) is 0 Å². The van der Waals surface area contributed by atoms with Crippen molar-refractivity contribution in [1.29, 1.82) is 0 Å². The maximum Gasteiger partial charge on any atom is 0.257 e. The van der Waals surface area contributed by atoms with Gasteiger partial charge in [0.25, 0.3) is 5.91 Å². The molecule has 0 saturated heterocycles. The highest BCUT2D eigenvalue weighted by Gasteiger charge is 2.25. The molecule has 0 N–H and O–H groups in total. The number of thiophene rings is 1. The molecule has 1 aromatic heterocycles. The molecule has 0 atom stereocenters. The fourth-order valence-electron chi connectivity index (χ4n) is 2.26. The third-order valence-corrected chi connectivity index (χ3v) is 4.30. The van der Waals surface area contributed by atoms with Crippen molar-refractivity contribution in [2.24, 2.45) is 0 Å². The van der Waals surface area contributed by atoms with Gasteiger partial charge < -0.3 is 4.90 Å². The summed E-state index contributed by atoms with van der Waals surface area (Å²) in [6.45, 7) is 1.01. The summed E-state index contributed by atoms with van der Waals surface area (Å²) in [5.74, 6) is -2.50. The standard InChI is InChI=1S/C14H11F2NOS/c15-11-3-1-2-10(13(11)16)14(18)17-6-4-12-9(8-17)5-7-19-12/h1-3,5,7H,4,6,8H2. The molecule has 1 aliphatic heterocycles. The molecule has 0 radical (unpaired) electrons. The molecule has 2 nitrogen and oxygen atoms in total. The Hall–Kier alpha value is -1.75. The van der Waals surface area contributed by atoms with Gasteiger partial charge in [-0.05, 0) is 35.6 Å². The molecule has 98 valence electrons. The van der Waals surface area contributed by atoms with Gasteiger partial charge >= 0.3 is 0 Å². The van der Waals surface area contributed by atoms with Crippen LogP contribution in [0, 0.1) is 11.6 Å². The molecule has 5 heteroatoms. The van der Waals surface area contributed by atoms with Gasteiger partial charge in [-0.25, -0.2) is 8.78 Å². The SMILES string of the molecule is O=C(c1cccc(F)c1F)N1CCc2sccc2C1. The third kappa shape index (κ3) is 2.14. The van der Waals surface area contributed by atoms with Crippen molar-refractivity contribution in [3.8, 4) is 0 Å². The topological polar surface area (TPSA) is 20.3 Å². The van der Waals surface area contributed by atoms with Crippen LogP contribution in [0.15, 0.2) is 29.6 Å². The van der Waals surface area contributed by atoms with Gasteiger partial charge in [-0.3, -0.25) is 4.79 Å². The van der Waals surface area contributed by atoms with Crippen LogP contribution in [0.4, 0.5) is 8.78 Å². The van der Waals surface area contributed by atoms with E-state index < -0.39 is 17.5 Å². The molecule has 1 aromatic carbocycles. The molecule has 0 fully saturated rings. The Labute approximate surface area is 113 Å². The van der Waals surface area contributed by atoms with Crippen molar-refractivity contribution >= 4 is 17.2 Å². The van der Waals surface area contributed by atoms with Gasteiger partial charge in [0.15, 0.2) is 11.6 Å². The largest absolute Gasteiger partial charge is 0.334 e. The molecule has 3 rings (SSSR count). The van der Waals surface area contributed by atoms with E-state index >= 15 is 0 Å². The summed E-state index contributed by atoms with van der Waals surface area (Å²) in [5, 5.41) is 1.99. The number of carbonyl (C=O) groups is 1. The van der Waals surface area contributed by atoms with Crippen molar-refractivity contribution in [1.82, 2.24) is 4.90 Å². The highest BCUT2D eigenvalue weighted by Crippen LogP contribution is 2.25. The average molecular weight is 279 g/mol. The highest BCUT2D eigenvalue weighted by molar-refractivity contribution is 7.10. The number of amides is 1. The Morgan fingerprint density at radius 2 is 2.11 bits per heavy atom. The average Bonchev–Trinajstić information content (AvgIpc) is 2.88. The Morgan fingerprint density at radius 3 is 2.95 bits per heavy atom. The minimum atomic E-state index is -1.07. The molecule has 0 saturated carbocycles. The van der Waals surface area contributed by atoms with E-state index in [1.54, 1.807) is 16.2 Å². The molecule has 19 heavy (non-hydrogen) atoms. The zero-order valence-electron chi connectivity index (χ0n) is 10.0. The van der Waals surface area contributed by atoms with Crippen molar-refractivity contribution in [2.45, 2.75) is 13.0 Å². The van der Waals surface area contributed by atoms with Gasteiger partial charge in [0.05, 0.1) is 5.56 Å². The number of fused-ring (bicyclic) bond motifs is 1. The van der Waals surface area contributed by atoms with E-state index in [0.29, 0.717) is 13.1 Å². The van der Waals surface area contributed by atoms with Gasteiger partial charge in [0, 0.05) is 18.0 Å². The van der Waals surface area contributed by atoms with E-state index in [9.17, 15) is 13.6 Å². The van der Waals surface area contributed by atoms with Gasteiger partial charge in [-0.15, -0.1) is 11.3 Å². The highest BCUT2D eigenvalue weighted by atomic mass is 32.1. The fraction of sp³-hybridized carbons (Fsp3) is 0.214. The molecule has 0 aliphatic carbocycles. The minimum Gasteiger partial charge on any atom is -0.334 e. The Morgan fingerprint density at radius 1 is 1.26 bits per heavy atom. The lowest BCUT2D eigenvalue weighted by molar-refractivity contribution is 0.0730. The van der Waals surface area contributed by atoms with Gasteiger partial charge in [-0.1, -0.05) is 6.07 Å². The molecule has 1 aliphatic rings. The molecule has 2 heterocycles. The summed E-state index contributed by atoms with van der Waals surface area (Å²) >= 11 is 1.67. The normalized spacial score (nSPS) is 14.3. The first-order chi connectivity index (χ1) is 9.16. The number of carbonyl (C=O) groups excluding carboxylic acids is 1. The maximum absolute atomic E-state index is 13.6. The van der Waals surface area contributed by atoms with Crippen LogP contribution in [0.1, 0.15) is 20.8 Å². The van der Waals surface area contributed by atoms with Crippen LogP contribution in [-0.2, 0) is 13.0 Å². The molecule has 1 amide bonds. The second-order valence-electron chi connectivity index (χ2n) is 4.45. The summed E-state index contributed by atoms with van der Waals surface area (Å²) in [7, 11) is 0. The summed E-state index contributed by atoms with van der Waals surface area (Å²) in [5.41, 5.74) is 0.903. The lowest BCUT2D eigenvalue weighted by Gasteiger charge is -2.27. The van der Waals surface area contributed by atoms with Crippen LogP contribution in [0.5, 0.6) is 0 Å². The van der Waals surface area contributed by atoms with Crippen molar-refractivity contribution in [2.75, 3.05) is 6.54 Å². The Balaban J connectivity index is 1.88. The number of nitrogens with zero attached hydrogens (tertiary/aromatic N) is 1. The zero-order valence-corrected chi connectivity index (χ0v) is 10.8. The predicted octanol–water partition coefficient (Wildman–Crippen LogP) is 3.22. The van der Waals surface area contributed by atoms with E-state index in [4.69, 9.17) is 0 Å². The van der Waals surface area contributed by atoms with Crippen molar-refractivity contribution < 1.29 is 13.6 Å². The molecule has 2 aromatic rings. The summed E-state index contributed by atoms with van der Waals surface area (Å²) in [6.07, 6.45) is 0.773. The van der Waals surface area contributed by atoms with Crippen LogP contribution >= 0.6 is 11.3 Å². The number of hydrogen-bond acceptors (Lipinski definition) is 2. The van der Waals surface area contributed by atoms with Crippen LogP contribution in [0.3, 0.4) is 0 Å². The van der Waals surface area contributed by atoms with Crippen molar-refractivity contribution in [3.05, 3.63) is 57.3 Å². The van der Waals surface area contributed by atoms with Crippen LogP contribution in [0.2, 0.25) is 0 Å². The number of benzene rings is 1. The first kappa shape index (κ1) is 12.3. The quantitative estimate of drug-likeness (QED) is 0.785. The summed E-state index contributed by atoms with van der Waals surface area (Å²) in [4.78, 5) is 15.1.